The predicted molar refractivity (Wildman–Crippen MR) is 73.7 cm³/mol. The second-order valence-electron chi connectivity index (χ2n) is 4.34. The summed E-state index contributed by atoms with van der Waals surface area (Å²) in [6.45, 7) is 0.856. The Morgan fingerprint density at radius 2 is 2.16 bits per heavy atom. The molecule has 5 nitrogen and oxygen atoms in total. The molecule has 0 unspecified atom stereocenters. The van der Waals surface area contributed by atoms with Crippen molar-refractivity contribution in [1.82, 2.24) is 4.98 Å². The SMILES string of the molecule is O=S(=O)(Nc1cccnc1)c1ccc2c(c1)NCC2. The average Bonchev–Trinajstić information content (AvgIpc) is 2.86. The van der Waals surface area contributed by atoms with E-state index in [4.69, 9.17) is 0 Å². The van der Waals surface area contributed by atoms with E-state index in [0.29, 0.717) is 5.69 Å². The van der Waals surface area contributed by atoms with Crippen molar-refractivity contribution in [2.75, 3.05) is 16.6 Å². The zero-order valence-corrected chi connectivity index (χ0v) is 10.9. The summed E-state index contributed by atoms with van der Waals surface area (Å²) in [6.07, 6.45) is 4.01. The van der Waals surface area contributed by atoms with E-state index in [1.165, 1.54) is 6.20 Å². The molecule has 0 saturated carbocycles. The first-order chi connectivity index (χ1) is 9.15. The summed E-state index contributed by atoms with van der Waals surface area (Å²) in [5.41, 5.74) is 2.50. The number of hydrogen-bond donors (Lipinski definition) is 2. The molecule has 0 fully saturated rings. The number of aromatic nitrogens is 1. The first kappa shape index (κ1) is 12.0. The summed E-state index contributed by atoms with van der Waals surface area (Å²) >= 11 is 0. The molecule has 1 aliphatic rings. The molecule has 0 aliphatic carbocycles. The molecule has 1 aromatic carbocycles. The highest BCUT2D eigenvalue weighted by Crippen LogP contribution is 2.26. The largest absolute Gasteiger partial charge is 0.384 e. The molecule has 0 saturated heterocycles. The Hall–Kier alpha value is -2.08. The molecule has 1 aliphatic heterocycles. The number of hydrogen-bond acceptors (Lipinski definition) is 4. The highest BCUT2D eigenvalue weighted by Gasteiger charge is 2.18. The number of sulfonamides is 1. The lowest BCUT2D eigenvalue weighted by Crippen LogP contribution is -2.13. The highest BCUT2D eigenvalue weighted by molar-refractivity contribution is 7.92. The molecule has 0 spiro atoms. The van der Waals surface area contributed by atoms with Crippen LogP contribution < -0.4 is 10.0 Å². The van der Waals surface area contributed by atoms with Crippen molar-refractivity contribution in [2.24, 2.45) is 0 Å². The standard InChI is InChI=1S/C13H13N3O2S/c17-19(18,16-11-2-1-6-14-9-11)12-4-3-10-5-7-15-13(10)8-12/h1-4,6,8-9,15-16H,5,7H2. The second-order valence-corrected chi connectivity index (χ2v) is 6.03. The molecule has 6 heteroatoms. The molecule has 2 aromatic rings. The molecule has 2 N–H and O–H groups in total. The number of benzene rings is 1. The van der Waals surface area contributed by atoms with E-state index in [-0.39, 0.29) is 4.90 Å². The van der Waals surface area contributed by atoms with Crippen LogP contribution in [0.1, 0.15) is 5.56 Å². The van der Waals surface area contributed by atoms with Gasteiger partial charge in [-0.05, 0) is 36.2 Å². The Labute approximate surface area is 111 Å². The molecule has 2 heterocycles. The fourth-order valence-corrected chi connectivity index (χ4v) is 3.14. The summed E-state index contributed by atoms with van der Waals surface area (Å²) in [5.74, 6) is 0. The lowest BCUT2D eigenvalue weighted by atomic mass is 10.2. The Morgan fingerprint density at radius 1 is 1.26 bits per heavy atom. The number of fused-ring (bicyclic) bond motifs is 1. The molecular formula is C13H13N3O2S. The highest BCUT2D eigenvalue weighted by atomic mass is 32.2. The van der Waals surface area contributed by atoms with Crippen LogP contribution in [0.2, 0.25) is 0 Å². The second kappa shape index (κ2) is 4.55. The van der Waals surface area contributed by atoms with Gasteiger partial charge in [-0.1, -0.05) is 6.07 Å². The van der Waals surface area contributed by atoms with Gasteiger partial charge < -0.3 is 5.32 Å². The van der Waals surface area contributed by atoms with Gasteiger partial charge in [-0.25, -0.2) is 8.42 Å². The van der Waals surface area contributed by atoms with Gasteiger partial charge in [0.2, 0.25) is 0 Å². The summed E-state index contributed by atoms with van der Waals surface area (Å²) in [4.78, 5) is 4.14. The van der Waals surface area contributed by atoms with E-state index < -0.39 is 10.0 Å². The predicted octanol–water partition coefficient (Wildman–Crippen LogP) is 1.85. The van der Waals surface area contributed by atoms with E-state index >= 15 is 0 Å². The topological polar surface area (TPSA) is 71.1 Å². The van der Waals surface area contributed by atoms with Crippen molar-refractivity contribution in [3.05, 3.63) is 48.3 Å². The fraction of sp³-hybridized carbons (Fsp3) is 0.154. The van der Waals surface area contributed by atoms with Gasteiger partial charge in [0, 0.05) is 18.4 Å². The number of rotatable bonds is 3. The van der Waals surface area contributed by atoms with Crippen LogP contribution in [0.15, 0.2) is 47.6 Å². The van der Waals surface area contributed by atoms with E-state index in [9.17, 15) is 8.42 Å². The van der Waals surface area contributed by atoms with Crippen LogP contribution in [-0.4, -0.2) is 19.9 Å². The zero-order chi connectivity index (χ0) is 13.3. The molecule has 0 amide bonds. The number of anilines is 2. The molecule has 0 radical (unpaired) electrons. The van der Waals surface area contributed by atoms with E-state index in [1.807, 2.05) is 6.07 Å². The minimum atomic E-state index is -3.56. The summed E-state index contributed by atoms with van der Waals surface area (Å²) in [7, 11) is -3.56. The zero-order valence-electron chi connectivity index (χ0n) is 10.1. The van der Waals surface area contributed by atoms with Crippen LogP contribution in [0.3, 0.4) is 0 Å². The number of nitrogens with one attached hydrogen (secondary N) is 2. The van der Waals surface area contributed by atoms with Crippen LogP contribution >= 0.6 is 0 Å². The van der Waals surface area contributed by atoms with Crippen LogP contribution in [0.25, 0.3) is 0 Å². The van der Waals surface area contributed by atoms with Crippen molar-refractivity contribution in [3.8, 4) is 0 Å². The Bertz CT molecular complexity index is 699. The molecule has 98 valence electrons. The van der Waals surface area contributed by atoms with E-state index in [0.717, 1.165) is 24.2 Å². The Balaban J connectivity index is 1.92. The Morgan fingerprint density at radius 3 is 2.95 bits per heavy atom. The van der Waals surface area contributed by atoms with Gasteiger partial charge in [0.25, 0.3) is 10.0 Å². The normalized spacial score (nSPS) is 13.7. The summed E-state index contributed by atoms with van der Waals surface area (Å²) in [6, 6.07) is 8.50. The van der Waals surface area contributed by atoms with Gasteiger partial charge >= 0.3 is 0 Å². The van der Waals surface area contributed by atoms with Gasteiger partial charge in [0.1, 0.15) is 0 Å². The van der Waals surface area contributed by atoms with Gasteiger partial charge in [0.15, 0.2) is 0 Å². The first-order valence-electron chi connectivity index (χ1n) is 5.95. The van der Waals surface area contributed by atoms with Gasteiger partial charge in [-0.15, -0.1) is 0 Å². The monoisotopic (exact) mass is 275 g/mol. The van der Waals surface area contributed by atoms with Crippen molar-refractivity contribution in [1.29, 1.82) is 0 Å². The molecule has 19 heavy (non-hydrogen) atoms. The molecule has 0 atom stereocenters. The van der Waals surface area contributed by atoms with Crippen molar-refractivity contribution >= 4 is 21.4 Å². The third kappa shape index (κ3) is 2.39. The van der Waals surface area contributed by atoms with E-state index in [2.05, 4.69) is 15.0 Å². The number of nitrogens with zero attached hydrogens (tertiary/aromatic N) is 1. The molecule has 1 aromatic heterocycles. The fourth-order valence-electron chi connectivity index (χ4n) is 2.07. The third-order valence-corrected chi connectivity index (χ3v) is 4.39. The summed E-state index contributed by atoms with van der Waals surface area (Å²) in [5, 5.41) is 3.17. The molecule has 0 bridgehead atoms. The summed E-state index contributed by atoms with van der Waals surface area (Å²) < 4.78 is 27.0. The van der Waals surface area contributed by atoms with E-state index in [1.54, 1.807) is 30.5 Å². The first-order valence-corrected chi connectivity index (χ1v) is 7.43. The maximum absolute atomic E-state index is 12.2. The number of pyridine rings is 1. The van der Waals surface area contributed by atoms with Crippen molar-refractivity contribution in [2.45, 2.75) is 11.3 Å². The van der Waals surface area contributed by atoms with Crippen molar-refractivity contribution in [3.63, 3.8) is 0 Å². The maximum atomic E-state index is 12.2. The lowest BCUT2D eigenvalue weighted by Gasteiger charge is -2.09. The lowest BCUT2D eigenvalue weighted by molar-refractivity contribution is 0.601. The van der Waals surface area contributed by atoms with Gasteiger partial charge in [-0.2, -0.15) is 0 Å². The Kier molecular flexibility index (Phi) is 2.87. The minimum Gasteiger partial charge on any atom is -0.384 e. The van der Waals surface area contributed by atoms with Gasteiger partial charge in [-0.3, -0.25) is 9.71 Å². The van der Waals surface area contributed by atoms with Crippen LogP contribution in [-0.2, 0) is 16.4 Å². The van der Waals surface area contributed by atoms with Crippen LogP contribution in [0.4, 0.5) is 11.4 Å². The third-order valence-electron chi connectivity index (χ3n) is 3.02. The molecular weight excluding hydrogens is 262 g/mol. The van der Waals surface area contributed by atoms with Crippen LogP contribution in [0.5, 0.6) is 0 Å². The van der Waals surface area contributed by atoms with Crippen molar-refractivity contribution < 1.29 is 8.42 Å². The van der Waals surface area contributed by atoms with Crippen LogP contribution in [0, 0.1) is 0 Å². The van der Waals surface area contributed by atoms with Gasteiger partial charge in [0.05, 0.1) is 16.8 Å². The maximum Gasteiger partial charge on any atom is 0.262 e. The molecule has 3 rings (SSSR count). The average molecular weight is 275 g/mol. The smallest absolute Gasteiger partial charge is 0.262 e. The quantitative estimate of drug-likeness (QED) is 0.896. The minimum absolute atomic E-state index is 0.254.